The number of aromatic nitrogens is 4. The van der Waals surface area contributed by atoms with E-state index in [9.17, 15) is 0 Å². The monoisotopic (exact) mass is 632 g/mol. The van der Waals surface area contributed by atoms with E-state index >= 15 is 0 Å². The third-order valence-corrected chi connectivity index (χ3v) is 5.53. The normalized spacial score (nSPS) is 9.84. The van der Waals surface area contributed by atoms with Gasteiger partial charge in [0.25, 0.3) is 0 Å². The summed E-state index contributed by atoms with van der Waals surface area (Å²) < 4.78 is 0. The molecule has 2 radical (unpaired) electrons. The van der Waals surface area contributed by atoms with E-state index < -0.39 is 20.8 Å². The van der Waals surface area contributed by atoms with Gasteiger partial charge in [0.05, 0.1) is 0 Å². The zero-order valence-corrected chi connectivity index (χ0v) is 26.8. The molecule has 4 nitrogen and oxygen atoms in total. The first kappa shape index (κ1) is 30.0. The molecule has 2 heterocycles. The van der Waals surface area contributed by atoms with E-state index in [2.05, 4.69) is 108 Å². The second kappa shape index (κ2) is 15.8. The molecular formula is C30H28Cl2N4SiZr. The first-order valence-corrected chi connectivity index (χ1v) is 20.2. The third-order valence-electron chi connectivity index (χ3n) is 5.53. The van der Waals surface area contributed by atoms with Crippen molar-refractivity contribution in [2.45, 2.75) is 26.9 Å². The van der Waals surface area contributed by atoms with Crippen LogP contribution in [0.4, 0.5) is 0 Å². The van der Waals surface area contributed by atoms with E-state index in [4.69, 9.17) is 17.0 Å². The van der Waals surface area contributed by atoms with Gasteiger partial charge in [-0.3, -0.25) is 0 Å². The average molecular weight is 635 g/mol. The Labute approximate surface area is 245 Å². The Bertz CT molecular complexity index is 1420. The fraction of sp³-hybridized carbons (Fsp3) is 0.133. The van der Waals surface area contributed by atoms with Gasteiger partial charge in [-0.15, -0.1) is 69.1 Å². The van der Waals surface area contributed by atoms with Gasteiger partial charge in [0, 0.05) is 45.4 Å². The quantitative estimate of drug-likeness (QED) is 0.141. The van der Waals surface area contributed by atoms with Crippen molar-refractivity contribution in [3.8, 4) is 22.3 Å². The second-order valence-corrected chi connectivity index (χ2v) is 13.2. The van der Waals surface area contributed by atoms with Crippen molar-refractivity contribution in [2.24, 2.45) is 0 Å². The summed E-state index contributed by atoms with van der Waals surface area (Å²) >= 11 is -0.826. The Balaban J connectivity index is 0.000000175. The molecule has 0 amide bonds. The van der Waals surface area contributed by atoms with Crippen LogP contribution in [0.1, 0.15) is 11.1 Å². The summed E-state index contributed by atoms with van der Waals surface area (Å²) in [7, 11) is 11.0. The van der Waals surface area contributed by atoms with Crippen LogP contribution in [0.25, 0.3) is 43.8 Å². The summed E-state index contributed by atoms with van der Waals surface area (Å²) in [5, 5.41) is 5.10. The van der Waals surface area contributed by atoms with Gasteiger partial charge in [-0.25, -0.2) is 19.9 Å². The van der Waals surface area contributed by atoms with Crippen LogP contribution in [-0.4, -0.2) is 29.5 Å². The Hall–Kier alpha value is -2.50. The van der Waals surface area contributed by atoms with E-state index in [1.54, 1.807) is 12.7 Å². The molecule has 0 aliphatic carbocycles. The zero-order chi connectivity index (χ0) is 27.3. The average Bonchev–Trinajstić information content (AvgIpc) is 3.51. The molecule has 0 saturated carbocycles. The van der Waals surface area contributed by atoms with Crippen LogP contribution >= 0.6 is 17.0 Å². The van der Waals surface area contributed by atoms with Crippen molar-refractivity contribution < 1.29 is 20.8 Å². The molecule has 0 spiro atoms. The minimum absolute atomic E-state index is 0.826. The van der Waals surface area contributed by atoms with Gasteiger partial charge in [-0.1, -0.05) is 50.2 Å². The van der Waals surface area contributed by atoms with Crippen molar-refractivity contribution in [1.29, 1.82) is 0 Å². The van der Waals surface area contributed by atoms with Gasteiger partial charge in [-0.2, -0.15) is 12.1 Å². The predicted octanol–water partition coefficient (Wildman–Crippen LogP) is 8.81. The van der Waals surface area contributed by atoms with Gasteiger partial charge in [0.2, 0.25) is 0 Å². The Morgan fingerprint density at radius 1 is 0.658 bits per heavy atom. The molecule has 0 fully saturated rings. The first-order chi connectivity index (χ1) is 18.5. The molecule has 190 valence electrons. The number of aryl methyl sites for hydroxylation is 2. The fourth-order valence-corrected chi connectivity index (χ4v) is 4.15. The predicted molar refractivity (Wildman–Crippen MR) is 160 cm³/mol. The molecule has 0 unspecified atom stereocenters. The molecule has 0 bridgehead atoms. The van der Waals surface area contributed by atoms with Gasteiger partial charge in [0.1, 0.15) is 12.7 Å². The standard InChI is InChI=1S/2C14H11N2.C2H6Si.2ClH.Zr/c2*1-10-5-11-3-2-4-13(14(11)6-10)12-7-15-9-16-8-12;1-3-2;;;/h2*2-9H,1H3;1-2H3;2*1H;/q2*-1;;;;+4/p-2. The number of rotatable bonds is 2. The van der Waals surface area contributed by atoms with Crippen LogP contribution in [0.3, 0.4) is 0 Å². The molecule has 0 aliphatic heterocycles. The number of nitrogens with zero attached hydrogens (tertiary/aromatic N) is 4. The topological polar surface area (TPSA) is 51.6 Å². The summed E-state index contributed by atoms with van der Waals surface area (Å²) in [4.78, 5) is 16.3. The summed E-state index contributed by atoms with van der Waals surface area (Å²) in [6.45, 7) is 8.54. The van der Waals surface area contributed by atoms with Crippen LogP contribution in [0.2, 0.25) is 13.1 Å². The van der Waals surface area contributed by atoms with Crippen LogP contribution < -0.4 is 0 Å². The van der Waals surface area contributed by atoms with Gasteiger partial charge < -0.3 is 0 Å². The number of fused-ring (bicyclic) bond motifs is 2. The van der Waals surface area contributed by atoms with E-state index in [0.717, 1.165) is 20.6 Å². The minimum atomic E-state index is -0.826. The van der Waals surface area contributed by atoms with Crippen LogP contribution in [-0.2, 0) is 20.8 Å². The molecule has 8 heteroatoms. The molecule has 38 heavy (non-hydrogen) atoms. The fourth-order valence-electron chi connectivity index (χ4n) is 4.15. The van der Waals surface area contributed by atoms with E-state index in [1.807, 2.05) is 24.8 Å². The van der Waals surface area contributed by atoms with Crippen LogP contribution in [0, 0.1) is 13.8 Å². The Morgan fingerprint density at radius 2 is 1.00 bits per heavy atom. The van der Waals surface area contributed by atoms with E-state index in [-0.39, 0.29) is 0 Å². The van der Waals surface area contributed by atoms with Gasteiger partial charge in [0.15, 0.2) is 0 Å². The summed E-state index contributed by atoms with van der Waals surface area (Å²) in [6.07, 6.45) is 10.5. The van der Waals surface area contributed by atoms with E-state index in [1.165, 1.54) is 43.8 Å². The third kappa shape index (κ3) is 8.25. The van der Waals surface area contributed by atoms with Crippen molar-refractivity contribution in [1.82, 2.24) is 19.9 Å². The van der Waals surface area contributed by atoms with E-state index in [0.29, 0.717) is 0 Å². The number of halogens is 2. The number of benzene rings is 2. The number of hydrogen-bond donors (Lipinski definition) is 0. The van der Waals surface area contributed by atoms with Gasteiger partial charge >= 0.3 is 37.9 Å². The molecule has 0 aliphatic rings. The zero-order valence-electron chi connectivity index (χ0n) is 21.8. The molecule has 6 rings (SSSR count). The molecule has 4 aromatic carbocycles. The molecule has 0 atom stereocenters. The van der Waals surface area contributed by atoms with Crippen LogP contribution in [0.5, 0.6) is 0 Å². The second-order valence-electron chi connectivity index (χ2n) is 8.51. The molecule has 2 aromatic heterocycles. The Kier molecular flexibility index (Phi) is 12.5. The molecule has 6 aromatic rings. The summed E-state index contributed by atoms with van der Waals surface area (Å²) in [6, 6.07) is 21.4. The van der Waals surface area contributed by atoms with Crippen molar-refractivity contribution >= 4 is 48.1 Å². The van der Waals surface area contributed by atoms with Crippen molar-refractivity contribution in [3.63, 3.8) is 0 Å². The van der Waals surface area contributed by atoms with Crippen LogP contribution in [0.15, 0.2) is 98.1 Å². The van der Waals surface area contributed by atoms with Crippen molar-refractivity contribution in [2.75, 3.05) is 0 Å². The Morgan fingerprint density at radius 3 is 1.34 bits per heavy atom. The summed E-state index contributed by atoms with van der Waals surface area (Å²) in [5.74, 6) is 0. The molecule has 0 saturated heterocycles. The summed E-state index contributed by atoms with van der Waals surface area (Å²) in [5.41, 5.74) is 7.12. The first-order valence-electron chi connectivity index (χ1n) is 11.9. The molecular weight excluding hydrogens is 607 g/mol. The maximum absolute atomic E-state index is 4.93. The number of hydrogen-bond acceptors (Lipinski definition) is 4. The van der Waals surface area contributed by atoms with Crippen molar-refractivity contribution in [3.05, 3.63) is 109 Å². The molecule has 0 N–H and O–H groups in total. The van der Waals surface area contributed by atoms with Gasteiger partial charge in [-0.05, 0) is 0 Å². The SMILES string of the molecule is C[Si]C.Cc1cc2c(-c3cncnc3)cccc2[cH-]1.Cc1cc2c(-c3cncnc3)cccc2[cH-]1.[Cl][Zr+2][Cl]. The maximum atomic E-state index is 4.93.